The van der Waals surface area contributed by atoms with Crippen LogP contribution in [0.5, 0.6) is 0 Å². The van der Waals surface area contributed by atoms with Crippen molar-refractivity contribution in [3.05, 3.63) is 64.4 Å². The van der Waals surface area contributed by atoms with E-state index in [0.29, 0.717) is 5.92 Å². The molecule has 1 N–H and O–H groups in total. The Morgan fingerprint density at radius 2 is 1.67 bits per heavy atom. The van der Waals surface area contributed by atoms with Gasteiger partial charge in [0.25, 0.3) is 0 Å². The molecule has 0 aromatic heterocycles. The van der Waals surface area contributed by atoms with E-state index in [0.717, 1.165) is 17.7 Å². The third-order valence-corrected chi connectivity index (χ3v) is 4.23. The van der Waals surface area contributed by atoms with Gasteiger partial charge in [0.05, 0.1) is 5.02 Å². The van der Waals surface area contributed by atoms with Crippen molar-refractivity contribution < 1.29 is 4.39 Å². The minimum absolute atomic E-state index is 0.0196. The van der Waals surface area contributed by atoms with E-state index >= 15 is 0 Å². The zero-order valence-electron chi connectivity index (χ0n) is 12.7. The van der Waals surface area contributed by atoms with E-state index in [1.807, 2.05) is 13.0 Å². The largest absolute Gasteiger partial charge is 0.379 e. The van der Waals surface area contributed by atoms with Gasteiger partial charge in [0, 0.05) is 11.7 Å². The molecule has 0 aliphatic rings. The molecule has 0 fully saturated rings. The third-order valence-electron chi connectivity index (χ3n) is 3.92. The average Bonchev–Trinajstić information content (AvgIpc) is 2.50. The molecule has 2 atom stereocenters. The first-order valence-electron chi connectivity index (χ1n) is 7.32. The molecule has 2 aromatic rings. The second kappa shape index (κ2) is 6.95. The number of benzene rings is 2. The topological polar surface area (TPSA) is 12.0 Å². The summed E-state index contributed by atoms with van der Waals surface area (Å²) in [5, 5.41) is 3.54. The Morgan fingerprint density at radius 3 is 2.24 bits per heavy atom. The average molecular weight is 306 g/mol. The van der Waals surface area contributed by atoms with Crippen molar-refractivity contribution in [2.45, 2.75) is 39.2 Å². The van der Waals surface area contributed by atoms with Crippen molar-refractivity contribution in [1.29, 1.82) is 0 Å². The molecule has 0 heterocycles. The molecule has 0 aliphatic carbocycles. The molecule has 2 rings (SSSR count). The first-order valence-corrected chi connectivity index (χ1v) is 7.70. The summed E-state index contributed by atoms with van der Waals surface area (Å²) >= 11 is 5.71. The van der Waals surface area contributed by atoms with Crippen LogP contribution < -0.4 is 5.32 Å². The molecule has 112 valence electrons. The van der Waals surface area contributed by atoms with Gasteiger partial charge >= 0.3 is 0 Å². The maximum atomic E-state index is 13.5. The van der Waals surface area contributed by atoms with Gasteiger partial charge in [0.2, 0.25) is 0 Å². The minimum atomic E-state index is -0.380. The molecule has 2 aromatic carbocycles. The Kier molecular flexibility index (Phi) is 5.24. The van der Waals surface area contributed by atoms with Crippen LogP contribution in [0.3, 0.4) is 0 Å². The lowest BCUT2D eigenvalue weighted by Gasteiger charge is -2.17. The SMILES string of the molecule is CCC(C)c1ccc(NC(C)c2ccc(Cl)c(F)c2)cc1. The number of hydrogen-bond donors (Lipinski definition) is 1. The number of anilines is 1. The highest BCUT2D eigenvalue weighted by molar-refractivity contribution is 6.30. The van der Waals surface area contributed by atoms with Crippen LogP contribution >= 0.6 is 11.6 Å². The van der Waals surface area contributed by atoms with Gasteiger partial charge in [0.15, 0.2) is 0 Å². The fraction of sp³-hybridized carbons (Fsp3) is 0.333. The lowest BCUT2D eigenvalue weighted by Crippen LogP contribution is -2.07. The summed E-state index contributed by atoms with van der Waals surface area (Å²) in [4.78, 5) is 0. The molecule has 0 radical (unpaired) electrons. The van der Waals surface area contributed by atoms with Crippen LogP contribution in [0.2, 0.25) is 5.02 Å². The predicted octanol–water partition coefficient (Wildman–Crippen LogP) is 6.17. The summed E-state index contributed by atoms with van der Waals surface area (Å²) in [6, 6.07) is 13.4. The molecule has 0 saturated carbocycles. The van der Waals surface area contributed by atoms with E-state index in [4.69, 9.17) is 11.6 Å². The van der Waals surface area contributed by atoms with Crippen LogP contribution in [0.15, 0.2) is 42.5 Å². The first-order chi connectivity index (χ1) is 10.0. The Balaban J connectivity index is 2.08. The van der Waals surface area contributed by atoms with E-state index < -0.39 is 0 Å². The van der Waals surface area contributed by atoms with E-state index in [2.05, 4.69) is 43.4 Å². The molecule has 3 heteroatoms. The summed E-state index contributed by atoms with van der Waals surface area (Å²) in [7, 11) is 0. The van der Waals surface area contributed by atoms with Crippen LogP contribution in [0, 0.1) is 5.82 Å². The predicted molar refractivity (Wildman–Crippen MR) is 88.6 cm³/mol. The van der Waals surface area contributed by atoms with Crippen LogP contribution in [0.25, 0.3) is 0 Å². The van der Waals surface area contributed by atoms with Gasteiger partial charge in [-0.15, -0.1) is 0 Å². The zero-order valence-corrected chi connectivity index (χ0v) is 13.4. The fourth-order valence-corrected chi connectivity index (χ4v) is 2.38. The Bertz CT molecular complexity index is 595. The third kappa shape index (κ3) is 3.98. The van der Waals surface area contributed by atoms with Gasteiger partial charge in [-0.05, 0) is 54.7 Å². The molecule has 21 heavy (non-hydrogen) atoms. The lowest BCUT2D eigenvalue weighted by atomic mass is 9.98. The summed E-state index contributed by atoms with van der Waals surface area (Å²) in [6.07, 6.45) is 1.13. The minimum Gasteiger partial charge on any atom is -0.379 e. The Morgan fingerprint density at radius 1 is 1.05 bits per heavy atom. The van der Waals surface area contributed by atoms with Gasteiger partial charge in [-0.1, -0.05) is 43.6 Å². The highest BCUT2D eigenvalue weighted by atomic mass is 35.5. The number of hydrogen-bond acceptors (Lipinski definition) is 1. The van der Waals surface area contributed by atoms with Gasteiger partial charge < -0.3 is 5.32 Å². The number of rotatable bonds is 5. The lowest BCUT2D eigenvalue weighted by molar-refractivity contribution is 0.624. The maximum absolute atomic E-state index is 13.5. The molecule has 0 bridgehead atoms. The Hall–Kier alpha value is -1.54. The van der Waals surface area contributed by atoms with Crippen LogP contribution in [-0.2, 0) is 0 Å². The molecule has 0 aliphatic heterocycles. The molecular weight excluding hydrogens is 285 g/mol. The van der Waals surface area contributed by atoms with Gasteiger partial charge in [0.1, 0.15) is 5.82 Å². The normalized spacial score (nSPS) is 13.8. The molecule has 2 unspecified atom stereocenters. The van der Waals surface area contributed by atoms with Gasteiger partial charge in [-0.25, -0.2) is 4.39 Å². The molecule has 1 nitrogen and oxygen atoms in total. The van der Waals surface area contributed by atoms with Crippen molar-refractivity contribution in [2.75, 3.05) is 5.32 Å². The van der Waals surface area contributed by atoms with Crippen molar-refractivity contribution in [3.63, 3.8) is 0 Å². The van der Waals surface area contributed by atoms with Crippen LogP contribution in [-0.4, -0.2) is 0 Å². The second-order valence-electron chi connectivity index (χ2n) is 5.47. The van der Waals surface area contributed by atoms with E-state index in [9.17, 15) is 4.39 Å². The number of nitrogens with one attached hydrogen (secondary N) is 1. The van der Waals surface area contributed by atoms with Gasteiger partial charge in [-0.3, -0.25) is 0 Å². The maximum Gasteiger partial charge on any atom is 0.142 e. The first kappa shape index (κ1) is 15.8. The van der Waals surface area contributed by atoms with Crippen molar-refractivity contribution in [3.8, 4) is 0 Å². The molecule has 0 spiro atoms. The molecule has 0 saturated heterocycles. The second-order valence-corrected chi connectivity index (χ2v) is 5.88. The zero-order chi connectivity index (χ0) is 15.4. The Labute approximate surface area is 131 Å². The summed E-state index contributed by atoms with van der Waals surface area (Å²) < 4.78 is 13.5. The summed E-state index contributed by atoms with van der Waals surface area (Å²) in [5.41, 5.74) is 3.25. The summed E-state index contributed by atoms with van der Waals surface area (Å²) in [6.45, 7) is 6.42. The van der Waals surface area contributed by atoms with Gasteiger partial charge in [-0.2, -0.15) is 0 Å². The van der Waals surface area contributed by atoms with Crippen molar-refractivity contribution in [2.24, 2.45) is 0 Å². The highest BCUT2D eigenvalue weighted by Gasteiger charge is 2.09. The monoisotopic (exact) mass is 305 g/mol. The van der Waals surface area contributed by atoms with Crippen molar-refractivity contribution in [1.82, 2.24) is 0 Å². The van der Waals surface area contributed by atoms with E-state index in [1.54, 1.807) is 6.07 Å². The summed E-state index contributed by atoms with van der Waals surface area (Å²) in [5.74, 6) is 0.191. The molecular formula is C18H21ClFN. The quantitative estimate of drug-likeness (QED) is 0.697. The van der Waals surface area contributed by atoms with E-state index in [-0.39, 0.29) is 16.9 Å². The molecule has 0 amide bonds. The number of halogens is 2. The standard InChI is InChI=1S/C18H21ClFN/c1-4-12(2)14-5-8-16(9-6-14)21-13(3)15-7-10-17(19)18(20)11-15/h5-13,21H,4H2,1-3H3. The highest BCUT2D eigenvalue weighted by Crippen LogP contribution is 2.25. The fourth-order valence-electron chi connectivity index (χ4n) is 2.26. The smallest absolute Gasteiger partial charge is 0.142 e. The van der Waals surface area contributed by atoms with Crippen LogP contribution in [0.1, 0.15) is 50.3 Å². The van der Waals surface area contributed by atoms with Crippen molar-refractivity contribution >= 4 is 17.3 Å². The van der Waals surface area contributed by atoms with E-state index in [1.165, 1.54) is 11.6 Å². The van der Waals surface area contributed by atoms with Crippen LogP contribution in [0.4, 0.5) is 10.1 Å².